The summed E-state index contributed by atoms with van der Waals surface area (Å²) in [6.07, 6.45) is 2.60. The molecule has 0 spiro atoms. The van der Waals surface area contributed by atoms with E-state index in [0.717, 1.165) is 37.1 Å². The Labute approximate surface area is 193 Å². The van der Waals surface area contributed by atoms with Crippen LogP contribution in [0.25, 0.3) is 11.1 Å². The third-order valence-electron chi connectivity index (χ3n) is 5.87. The van der Waals surface area contributed by atoms with Crippen molar-refractivity contribution >= 4 is 21.8 Å². The van der Waals surface area contributed by atoms with Crippen molar-refractivity contribution in [1.82, 2.24) is 5.32 Å². The molecule has 0 amide bonds. The van der Waals surface area contributed by atoms with Crippen LogP contribution in [0.15, 0.2) is 61.5 Å². The van der Waals surface area contributed by atoms with E-state index in [1.807, 2.05) is 36.4 Å². The average molecular weight is 469 g/mol. The number of rotatable bonds is 7. The minimum Gasteiger partial charge on any atom is -0.370 e. The highest BCUT2D eigenvalue weighted by atomic mass is 32.2. The van der Waals surface area contributed by atoms with Crippen LogP contribution in [0.1, 0.15) is 29.5 Å². The van der Waals surface area contributed by atoms with E-state index in [0.29, 0.717) is 35.6 Å². The van der Waals surface area contributed by atoms with Gasteiger partial charge in [0.1, 0.15) is 0 Å². The molecule has 2 aromatic carbocycles. The monoisotopic (exact) mass is 468 g/mol. The summed E-state index contributed by atoms with van der Waals surface area (Å²) in [5.41, 5.74) is 14.3. The Morgan fingerprint density at radius 3 is 2.42 bits per heavy atom. The Hall–Kier alpha value is -3.15. The summed E-state index contributed by atoms with van der Waals surface area (Å²) in [5.74, 6) is 0.686. The fourth-order valence-electron chi connectivity index (χ4n) is 4.30. The Morgan fingerprint density at radius 2 is 1.82 bits per heavy atom. The largest absolute Gasteiger partial charge is 0.370 e. The highest BCUT2D eigenvalue weighted by molar-refractivity contribution is 7.89. The van der Waals surface area contributed by atoms with Crippen LogP contribution >= 0.6 is 0 Å². The molecule has 33 heavy (non-hydrogen) atoms. The van der Waals surface area contributed by atoms with Crippen LogP contribution < -0.4 is 21.9 Å². The second kappa shape index (κ2) is 9.77. The van der Waals surface area contributed by atoms with Gasteiger partial charge in [-0.3, -0.25) is 0 Å². The lowest BCUT2D eigenvalue weighted by molar-refractivity contribution is 0.371. The summed E-state index contributed by atoms with van der Waals surface area (Å²) < 4.78 is 25.7. The van der Waals surface area contributed by atoms with Crippen LogP contribution in [0.3, 0.4) is 0 Å². The van der Waals surface area contributed by atoms with E-state index in [4.69, 9.17) is 16.6 Å². The van der Waals surface area contributed by atoms with E-state index < -0.39 is 10.0 Å². The molecule has 174 valence electrons. The number of nitrogens with two attached hydrogens (primary N) is 3. The van der Waals surface area contributed by atoms with Crippen molar-refractivity contribution in [3.05, 3.63) is 53.1 Å². The molecule has 1 saturated heterocycles. The molecule has 0 atom stereocenters. The van der Waals surface area contributed by atoms with Crippen molar-refractivity contribution in [2.45, 2.75) is 30.7 Å². The van der Waals surface area contributed by atoms with Crippen molar-refractivity contribution in [1.29, 1.82) is 0 Å². The van der Waals surface area contributed by atoms with Gasteiger partial charge in [0.15, 0.2) is 18.5 Å². The number of nitrogens with one attached hydrogen (secondary N) is 1. The lowest BCUT2D eigenvalue weighted by Crippen LogP contribution is -2.29. The molecule has 0 radical (unpaired) electrons. The van der Waals surface area contributed by atoms with E-state index in [2.05, 4.69) is 25.5 Å². The van der Waals surface area contributed by atoms with Crippen LogP contribution in [0.4, 0.5) is 0 Å². The van der Waals surface area contributed by atoms with Gasteiger partial charge in [0.2, 0.25) is 10.0 Å². The summed E-state index contributed by atoms with van der Waals surface area (Å²) >= 11 is 0. The van der Waals surface area contributed by atoms with E-state index in [1.165, 1.54) is 0 Å². The third-order valence-corrected chi connectivity index (χ3v) is 6.91. The Bertz CT molecular complexity index is 1210. The summed E-state index contributed by atoms with van der Waals surface area (Å²) in [4.78, 5) is 8.43. The molecule has 0 saturated carbocycles. The summed E-state index contributed by atoms with van der Waals surface area (Å²) in [7, 11) is -4.05. The first kappa shape index (κ1) is 23.0. The number of piperidine rings is 1. The van der Waals surface area contributed by atoms with Crippen LogP contribution in [-0.4, -0.2) is 40.0 Å². The van der Waals surface area contributed by atoms with Gasteiger partial charge in [-0.05, 0) is 60.5 Å². The van der Waals surface area contributed by atoms with Crippen LogP contribution in [0, 0.1) is 5.92 Å². The maximum absolute atomic E-state index is 12.9. The molecule has 2 aromatic rings. The predicted octanol–water partition coefficient (Wildman–Crippen LogP) is 1.49. The fourth-order valence-corrected chi connectivity index (χ4v) is 5.30. The molecule has 2 heterocycles. The number of guanidine groups is 1. The second-order valence-electron chi connectivity index (χ2n) is 8.22. The summed E-state index contributed by atoms with van der Waals surface area (Å²) in [6.45, 7) is 2.36. The first-order valence-electron chi connectivity index (χ1n) is 10.8. The quantitative estimate of drug-likeness (QED) is 0.355. The lowest BCUT2D eigenvalue weighted by atomic mass is 9.88. The zero-order valence-electron chi connectivity index (χ0n) is 18.2. The van der Waals surface area contributed by atoms with Crippen molar-refractivity contribution in [3.8, 4) is 11.1 Å². The molecular formula is C22H28N8O2S. The molecule has 0 unspecified atom stereocenters. The number of hydrogen-bond donors (Lipinski definition) is 4. The van der Waals surface area contributed by atoms with E-state index in [-0.39, 0.29) is 23.4 Å². The van der Waals surface area contributed by atoms with Crippen LogP contribution in [-0.2, 0) is 23.0 Å². The number of amidine groups is 1. The zero-order valence-corrected chi connectivity index (χ0v) is 19.1. The number of aliphatic imine (C=N–C) groups is 2. The number of benzene rings is 2. The maximum atomic E-state index is 12.9. The van der Waals surface area contributed by atoms with Crippen LogP contribution in [0.2, 0.25) is 0 Å². The highest BCUT2D eigenvalue weighted by Crippen LogP contribution is 2.35. The number of azo groups is 1. The Balaban J connectivity index is 1.82. The lowest BCUT2D eigenvalue weighted by Gasteiger charge is -2.24. The molecule has 1 fully saturated rings. The topological polar surface area (TPSA) is 174 Å². The maximum Gasteiger partial charge on any atom is 0.239 e. The minimum absolute atomic E-state index is 0.0214. The van der Waals surface area contributed by atoms with Gasteiger partial charge in [-0.2, -0.15) is 5.11 Å². The highest BCUT2D eigenvalue weighted by Gasteiger charge is 2.28. The van der Waals surface area contributed by atoms with Crippen molar-refractivity contribution in [2.24, 2.45) is 42.7 Å². The zero-order chi connectivity index (χ0) is 23.4. The second-order valence-corrected chi connectivity index (χ2v) is 9.72. The van der Waals surface area contributed by atoms with E-state index in [1.54, 1.807) is 0 Å². The number of nitrogens with zero attached hydrogens (tertiary/aromatic N) is 4. The van der Waals surface area contributed by atoms with Crippen molar-refractivity contribution < 1.29 is 8.42 Å². The Morgan fingerprint density at radius 1 is 1.09 bits per heavy atom. The average Bonchev–Trinajstić information content (AvgIpc) is 3.32. The summed E-state index contributed by atoms with van der Waals surface area (Å²) in [6, 6.07) is 11.3. The molecule has 4 rings (SSSR count). The van der Waals surface area contributed by atoms with E-state index >= 15 is 0 Å². The van der Waals surface area contributed by atoms with Gasteiger partial charge in [-0.15, -0.1) is 5.11 Å². The van der Waals surface area contributed by atoms with Gasteiger partial charge in [0, 0.05) is 5.56 Å². The van der Waals surface area contributed by atoms with Crippen molar-refractivity contribution in [3.63, 3.8) is 0 Å². The van der Waals surface area contributed by atoms with Crippen LogP contribution in [0.5, 0.6) is 0 Å². The molecule has 10 nitrogen and oxygen atoms in total. The van der Waals surface area contributed by atoms with Gasteiger partial charge in [-0.25, -0.2) is 23.5 Å². The SMILES string of the molecule is NC(N)=NCc1ccc(-c2ccc(CC3CCNCC3)c(S(N)(=O)=O)c2C2=NCN=N2)cc1. The van der Waals surface area contributed by atoms with Gasteiger partial charge < -0.3 is 16.8 Å². The predicted molar refractivity (Wildman–Crippen MR) is 128 cm³/mol. The molecule has 2 aliphatic heterocycles. The number of sulfonamides is 1. The smallest absolute Gasteiger partial charge is 0.239 e. The van der Waals surface area contributed by atoms with Gasteiger partial charge >= 0.3 is 0 Å². The van der Waals surface area contributed by atoms with Gasteiger partial charge in [0.25, 0.3) is 0 Å². The van der Waals surface area contributed by atoms with Gasteiger partial charge in [0.05, 0.1) is 11.4 Å². The standard InChI is InChI=1S/C22H28N8O2S/c23-22(24)27-12-15-1-3-16(4-2-15)18-6-5-17(11-14-7-9-26-10-8-14)20(33(25,31)32)19(18)21-28-13-29-30-21/h1-6,14,26H,7-13H2,(H4,23,24,27)(H2,25,31,32). The number of primary sulfonamides is 1. The molecule has 0 aliphatic carbocycles. The van der Waals surface area contributed by atoms with E-state index in [9.17, 15) is 8.42 Å². The molecule has 0 bridgehead atoms. The fraction of sp³-hybridized carbons (Fsp3) is 0.364. The Kier molecular flexibility index (Phi) is 6.82. The first-order valence-corrected chi connectivity index (χ1v) is 12.3. The summed E-state index contributed by atoms with van der Waals surface area (Å²) in [5, 5.41) is 17.2. The molecular weight excluding hydrogens is 440 g/mol. The first-order chi connectivity index (χ1) is 15.8. The van der Waals surface area contributed by atoms with Crippen molar-refractivity contribution in [2.75, 3.05) is 19.8 Å². The molecule has 0 aromatic heterocycles. The molecule has 11 heteroatoms. The molecule has 2 aliphatic rings. The third kappa shape index (κ3) is 5.44. The van der Waals surface area contributed by atoms with Gasteiger partial charge in [-0.1, -0.05) is 36.4 Å². The molecule has 7 N–H and O–H groups in total. The number of hydrogen-bond acceptors (Lipinski definition) is 7. The minimum atomic E-state index is -4.05. The normalized spacial score (nSPS) is 16.6.